The summed E-state index contributed by atoms with van der Waals surface area (Å²) in [6.45, 7) is 4.48. The molecule has 134 valence electrons. The van der Waals surface area contributed by atoms with Gasteiger partial charge in [-0.15, -0.1) is 0 Å². The quantitative estimate of drug-likeness (QED) is 0.795. The lowest BCUT2D eigenvalue weighted by molar-refractivity contribution is 0.154. The summed E-state index contributed by atoms with van der Waals surface area (Å²) in [6, 6.07) is 7.82. The van der Waals surface area contributed by atoms with Crippen molar-refractivity contribution in [3.05, 3.63) is 52.5 Å². The van der Waals surface area contributed by atoms with Gasteiger partial charge in [0.2, 0.25) is 5.95 Å². The van der Waals surface area contributed by atoms with E-state index >= 15 is 0 Å². The molecule has 1 aromatic heterocycles. The zero-order chi connectivity index (χ0) is 17.6. The lowest BCUT2D eigenvalue weighted by atomic mass is 10.0. The second-order valence-corrected chi connectivity index (χ2v) is 7.16. The van der Waals surface area contributed by atoms with E-state index in [0.717, 1.165) is 55.6 Å². The first kappa shape index (κ1) is 18.2. The minimum absolute atomic E-state index is 0.410. The maximum Gasteiger partial charge on any atom is 0.225 e. The van der Waals surface area contributed by atoms with Gasteiger partial charge >= 0.3 is 0 Å². The SMILES string of the molecule is OC(CCCN1CCN(c2ncc(F)cn2)CC1)c1ccc(Br)cc1. The smallest absolute Gasteiger partial charge is 0.225 e. The predicted molar refractivity (Wildman–Crippen MR) is 99.0 cm³/mol. The molecule has 1 aromatic carbocycles. The van der Waals surface area contributed by atoms with Gasteiger partial charge in [-0.3, -0.25) is 4.90 Å². The van der Waals surface area contributed by atoms with Crippen molar-refractivity contribution in [1.82, 2.24) is 14.9 Å². The Morgan fingerprint density at radius 1 is 1.08 bits per heavy atom. The number of aliphatic hydroxyl groups is 1. The number of nitrogens with zero attached hydrogens (tertiary/aromatic N) is 4. The molecule has 7 heteroatoms. The van der Waals surface area contributed by atoms with Crippen LogP contribution < -0.4 is 4.90 Å². The summed E-state index contributed by atoms with van der Waals surface area (Å²) in [7, 11) is 0. The molecule has 0 amide bonds. The number of hydrogen-bond acceptors (Lipinski definition) is 5. The van der Waals surface area contributed by atoms with Crippen molar-refractivity contribution in [3.63, 3.8) is 0 Å². The maximum absolute atomic E-state index is 12.9. The molecule has 0 bridgehead atoms. The van der Waals surface area contributed by atoms with Crippen LogP contribution in [-0.2, 0) is 0 Å². The van der Waals surface area contributed by atoms with E-state index in [1.165, 1.54) is 12.4 Å². The Hall–Kier alpha value is -1.57. The summed E-state index contributed by atoms with van der Waals surface area (Å²) in [5.41, 5.74) is 0.960. The highest BCUT2D eigenvalue weighted by atomic mass is 79.9. The van der Waals surface area contributed by atoms with Crippen LogP contribution in [0, 0.1) is 5.82 Å². The summed E-state index contributed by atoms with van der Waals surface area (Å²) in [5, 5.41) is 10.3. The minimum Gasteiger partial charge on any atom is -0.388 e. The third-order valence-corrected chi connectivity index (χ3v) is 5.00. The van der Waals surface area contributed by atoms with Crippen LogP contribution in [0.1, 0.15) is 24.5 Å². The van der Waals surface area contributed by atoms with E-state index in [9.17, 15) is 9.50 Å². The van der Waals surface area contributed by atoms with E-state index < -0.39 is 11.9 Å². The van der Waals surface area contributed by atoms with Gasteiger partial charge in [0, 0.05) is 30.7 Å². The normalized spacial score (nSPS) is 16.8. The predicted octanol–water partition coefficient (Wildman–Crippen LogP) is 3.01. The van der Waals surface area contributed by atoms with Gasteiger partial charge in [-0.05, 0) is 37.1 Å². The molecule has 0 aliphatic carbocycles. The van der Waals surface area contributed by atoms with Gasteiger partial charge in [0.25, 0.3) is 0 Å². The molecule has 1 saturated heterocycles. The molecule has 2 aromatic rings. The van der Waals surface area contributed by atoms with Gasteiger partial charge in [0.05, 0.1) is 18.5 Å². The highest BCUT2D eigenvalue weighted by molar-refractivity contribution is 9.10. The molecule has 1 aliphatic heterocycles. The molecule has 1 aliphatic rings. The average molecular weight is 409 g/mol. The molecule has 0 saturated carbocycles. The minimum atomic E-state index is -0.415. The van der Waals surface area contributed by atoms with E-state index in [1.54, 1.807) is 0 Å². The second kappa shape index (κ2) is 8.69. The Kier molecular flexibility index (Phi) is 6.34. The molecular weight excluding hydrogens is 387 g/mol. The molecule has 3 rings (SSSR count). The Bertz CT molecular complexity index is 660. The highest BCUT2D eigenvalue weighted by Gasteiger charge is 2.19. The van der Waals surface area contributed by atoms with Crippen LogP contribution in [-0.4, -0.2) is 52.7 Å². The van der Waals surface area contributed by atoms with Crippen LogP contribution in [0.2, 0.25) is 0 Å². The van der Waals surface area contributed by atoms with Crippen molar-refractivity contribution in [3.8, 4) is 0 Å². The van der Waals surface area contributed by atoms with Crippen LogP contribution in [0.3, 0.4) is 0 Å². The Morgan fingerprint density at radius 3 is 2.36 bits per heavy atom. The van der Waals surface area contributed by atoms with Crippen molar-refractivity contribution < 1.29 is 9.50 Å². The van der Waals surface area contributed by atoms with Gasteiger partial charge < -0.3 is 10.0 Å². The molecule has 1 fully saturated rings. The number of aromatic nitrogens is 2. The van der Waals surface area contributed by atoms with Crippen molar-refractivity contribution in [2.45, 2.75) is 18.9 Å². The summed E-state index contributed by atoms with van der Waals surface area (Å²) >= 11 is 3.40. The molecule has 0 radical (unpaired) electrons. The fourth-order valence-corrected chi connectivity index (χ4v) is 3.26. The van der Waals surface area contributed by atoms with Crippen molar-refractivity contribution in [2.75, 3.05) is 37.6 Å². The molecule has 1 atom stereocenters. The fourth-order valence-electron chi connectivity index (χ4n) is 3.00. The van der Waals surface area contributed by atoms with Gasteiger partial charge in [-0.25, -0.2) is 14.4 Å². The topological polar surface area (TPSA) is 52.5 Å². The molecule has 1 unspecified atom stereocenters. The average Bonchev–Trinajstić information content (AvgIpc) is 2.63. The van der Waals surface area contributed by atoms with Crippen LogP contribution in [0.5, 0.6) is 0 Å². The van der Waals surface area contributed by atoms with E-state index in [0.29, 0.717) is 5.95 Å². The number of halogens is 2. The number of hydrogen-bond donors (Lipinski definition) is 1. The Balaban J connectivity index is 1.39. The summed E-state index contributed by atoms with van der Waals surface area (Å²) < 4.78 is 13.9. The van der Waals surface area contributed by atoms with E-state index in [-0.39, 0.29) is 0 Å². The van der Waals surface area contributed by atoms with Gasteiger partial charge in [-0.1, -0.05) is 28.1 Å². The van der Waals surface area contributed by atoms with E-state index in [2.05, 4.69) is 35.7 Å². The zero-order valence-corrected chi connectivity index (χ0v) is 15.6. The number of aliphatic hydroxyl groups excluding tert-OH is 1. The summed E-state index contributed by atoms with van der Waals surface area (Å²) in [5.74, 6) is 0.179. The third-order valence-electron chi connectivity index (χ3n) is 4.47. The molecule has 0 spiro atoms. The lowest BCUT2D eigenvalue weighted by Gasteiger charge is -2.34. The number of benzene rings is 1. The molecule has 1 N–H and O–H groups in total. The van der Waals surface area contributed by atoms with Crippen LogP contribution >= 0.6 is 15.9 Å². The van der Waals surface area contributed by atoms with Crippen LogP contribution in [0.15, 0.2) is 41.1 Å². The Labute approximate surface area is 155 Å². The van der Waals surface area contributed by atoms with Gasteiger partial charge in [0.1, 0.15) is 0 Å². The third kappa shape index (κ3) is 5.20. The largest absolute Gasteiger partial charge is 0.388 e. The molecule has 2 heterocycles. The van der Waals surface area contributed by atoms with Crippen molar-refractivity contribution >= 4 is 21.9 Å². The first-order valence-corrected chi connectivity index (χ1v) is 9.29. The summed E-state index contributed by atoms with van der Waals surface area (Å²) in [6.07, 6.45) is 3.70. The van der Waals surface area contributed by atoms with Crippen molar-refractivity contribution in [1.29, 1.82) is 0 Å². The lowest BCUT2D eigenvalue weighted by Crippen LogP contribution is -2.47. The van der Waals surface area contributed by atoms with E-state index in [4.69, 9.17) is 0 Å². The zero-order valence-electron chi connectivity index (χ0n) is 14.0. The van der Waals surface area contributed by atoms with Gasteiger partial charge in [-0.2, -0.15) is 0 Å². The highest BCUT2D eigenvalue weighted by Crippen LogP contribution is 2.21. The number of piperazine rings is 1. The fraction of sp³-hybridized carbons (Fsp3) is 0.444. The molecule has 5 nitrogen and oxygen atoms in total. The standard InChI is InChI=1S/C18H22BrFN4O/c19-15-5-3-14(4-6-15)17(25)2-1-7-23-8-10-24(11-9-23)18-21-12-16(20)13-22-18/h3-6,12-13,17,25H,1-2,7-11H2. The summed E-state index contributed by atoms with van der Waals surface area (Å²) in [4.78, 5) is 12.5. The van der Waals surface area contributed by atoms with Gasteiger partial charge in [0.15, 0.2) is 5.82 Å². The molecular formula is C18H22BrFN4O. The maximum atomic E-state index is 12.9. The first-order valence-electron chi connectivity index (χ1n) is 8.50. The van der Waals surface area contributed by atoms with Crippen LogP contribution in [0.25, 0.3) is 0 Å². The first-order chi connectivity index (χ1) is 12.1. The molecule has 25 heavy (non-hydrogen) atoms. The Morgan fingerprint density at radius 2 is 1.72 bits per heavy atom. The van der Waals surface area contributed by atoms with E-state index in [1.807, 2.05) is 24.3 Å². The van der Waals surface area contributed by atoms with Crippen LogP contribution in [0.4, 0.5) is 10.3 Å². The number of rotatable bonds is 6. The second-order valence-electron chi connectivity index (χ2n) is 6.24. The number of anilines is 1. The van der Waals surface area contributed by atoms with Crippen molar-refractivity contribution in [2.24, 2.45) is 0 Å². The monoisotopic (exact) mass is 408 g/mol.